The van der Waals surface area contributed by atoms with Crippen molar-refractivity contribution >= 4 is 16.1 Å². The van der Waals surface area contributed by atoms with Crippen molar-refractivity contribution in [2.24, 2.45) is 5.92 Å². The van der Waals surface area contributed by atoms with E-state index < -0.39 is 10.0 Å². The molecule has 2 amide bonds. The molecule has 0 aromatic carbocycles. The Labute approximate surface area is 152 Å². The summed E-state index contributed by atoms with van der Waals surface area (Å²) in [6.07, 6.45) is 7.30. The number of urea groups is 1. The molecule has 7 nitrogen and oxygen atoms in total. The van der Waals surface area contributed by atoms with Gasteiger partial charge in [0.1, 0.15) is 0 Å². The number of carbonyl (C=O) groups excluding carboxylic acids is 1. The molecule has 0 spiro atoms. The van der Waals surface area contributed by atoms with Crippen LogP contribution >= 0.6 is 0 Å². The van der Waals surface area contributed by atoms with Gasteiger partial charge >= 0.3 is 6.03 Å². The molecule has 0 aromatic rings. The second-order valence-electron chi connectivity index (χ2n) is 7.57. The summed E-state index contributed by atoms with van der Waals surface area (Å²) in [4.78, 5) is 14.4. The Morgan fingerprint density at radius 1 is 1.04 bits per heavy atom. The fraction of sp³-hybridized carbons (Fsp3) is 0.941. The quantitative estimate of drug-likeness (QED) is 0.657. The second kappa shape index (κ2) is 9.73. The van der Waals surface area contributed by atoms with Crippen molar-refractivity contribution in [2.75, 3.05) is 45.5 Å². The smallest absolute Gasteiger partial charge is 0.315 e. The van der Waals surface area contributed by atoms with Gasteiger partial charge in [-0.1, -0.05) is 6.92 Å². The molecular formula is C17H34N4O3S. The van der Waals surface area contributed by atoms with Crippen LogP contribution in [-0.4, -0.2) is 75.2 Å². The summed E-state index contributed by atoms with van der Waals surface area (Å²) in [5.41, 5.74) is 0. The Bertz CT molecular complexity index is 510. The van der Waals surface area contributed by atoms with Crippen LogP contribution in [0.15, 0.2) is 0 Å². The molecule has 0 atom stereocenters. The van der Waals surface area contributed by atoms with Crippen molar-refractivity contribution in [1.82, 2.24) is 19.8 Å². The first-order valence-corrected chi connectivity index (χ1v) is 11.4. The monoisotopic (exact) mass is 374 g/mol. The van der Waals surface area contributed by atoms with Gasteiger partial charge in [0, 0.05) is 25.7 Å². The van der Waals surface area contributed by atoms with Crippen LogP contribution in [0.2, 0.25) is 0 Å². The molecule has 8 heteroatoms. The van der Waals surface area contributed by atoms with Crippen LogP contribution in [0, 0.1) is 5.92 Å². The van der Waals surface area contributed by atoms with Gasteiger partial charge in [-0.2, -0.15) is 0 Å². The third kappa shape index (κ3) is 7.50. The standard InChI is InChI=1S/C17H34N4O3S/c1-15-5-11-20(12-6-15)10-4-3-9-18-17(22)19-16-7-13-21(14-8-16)25(2,23)24/h15-16H,3-14H2,1-2H3,(H2,18,19,22). The molecule has 0 bridgehead atoms. The molecule has 2 rings (SSSR count). The van der Waals surface area contributed by atoms with Crippen molar-refractivity contribution in [3.05, 3.63) is 0 Å². The van der Waals surface area contributed by atoms with Gasteiger partial charge < -0.3 is 15.5 Å². The largest absolute Gasteiger partial charge is 0.338 e. The first kappa shape index (κ1) is 20.5. The number of piperidine rings is 2. The van der Waals surface area contributed by atoms with Crippen molar-refractivity contribution in [3.63, 3.8) is 0 Å². The summed E-state index contributed by atoms with van der Waals surface area (Å²) in [6, 6.07) is -0.0713. The first-order valence-electron chi connectivity index (χ1n) is 9.56. The zero-order valence-corrected chi connectivity index (χ0v) is 16.5. The average molecular weight is 375 g/mol. The molecule has 2 N–H and O–H groups in total. The maximum atomic E-state index is 11.9. The number of carbonyl (C=O) groups is 1. The highest BCUT2D eigenvalue weighted by atomic mass is 32.2. The molecule has 0 aliphatic carbocycles. The first-order chi connectivity index (χ1) is 11.8. The Hall–Kier alpha value is -0.860. The van der Waals surface area contributed by atoms with E-state index in [0.29, 0.717) is 32.5 Å². The van der Waals surface area contributed by atoms with E-state index in [4.69, 9.17) is 0 Å². The van der Waals surface area contributed by atoms with Crippen molar-refractivity contribution in [1.29, 1.82) is 0 Å². The highest BCUT2D eigenvalue weighted by Crippen LogP contribution is 2.16. The summed E-state index contributed by atoms with van der Waals surface area (Å²) >= 11 is 0. The molecule has 2 aliphatic heterocycles. The number of nitrogens with zero attached hydrogens (tertiary/aromatic N) is 2. The number of rotatable bonds is 7. The molecule has 2 fully saturated rings. The molecular weight excluding hydrogens is 340 g/mol. The van der Waals surface area contributed by atoms with E-state index in [1.165, 1.54) is 36.5 Å². The van der Waals surface area contributed by atoms with E-state index >= 15 is 0 Å². The predicted molar refractivity (Wildman–Crippen MR) is 100 cm³/mol. The summed E-state index contributed by atoms with van der Waals surface area (Å²) < 4.78 is 24.4. The van der Waals surface area contributed by atoms with Crippen LogP contribution in [0.5, 0.6) is 0 Å². The predicted octanol–water partition coefficient (Wildman–Crippen LogP) is 1.22. The van der Waals surface area contributed by atoms with Crippen LogP contribution in [-0.2, 0) is 10.0 Å². The molecule has 0 unspecified atom stereocenters. The second-order valence-corrected chi connectivity index (χ2v) is 9.55. The van der Waals surface area contributed by atoms with Gasteiger partial charge in [0.25, 0.3) is 0 Å². The molecule has 0 saturated carbocycles. The molecule has 0 radical (unpaired) electrons. The fourth-order valence-corrected chi connectivity index (χ4v) is 4.39. The number of unbranched alkanes of at least 4 members (excludes halogenated alkanes) is 1. The van der Waals surface area contributed by atoms with Crippen LogP contribution in [0.25, 0.3) is 0 Å². The zero-order valence-electron chi connectivity index (χ0n) is 15.7. The van der Waals surface area contributed by atoms with Crippen molar-refractivity contribution < 1.29 is 13.2 Å². The minimum Gasteiger partial charge on any atom is -0.338 e. The number of hydrogen-bond acceptors (Lipinski definition) is 4. The molecule has 146 valence electrons. The Morgan fingerprint density at radius 3 is 2.28 bits per heavy atom. The third-order valence-corrected chi connectivity index (χ3v) is 6.62. The van der Waals surface area contributed by atoms with Gasteiger partial charge in [-0.25, -0.2) is 17.5 Å². The summed E-state index contributed by atoms with van der Waals surface area (Å²) in [7, 11) is -3.11. The number of nitrogens with one attached hydrogen (secondary N) is 2. The fourth-order valence-electron chi connectivity index (χ4n) is 3.52. The van der Waals surface area contributed by atoms with Gasteiger partial charge in [-0.15, -0.1) is 0 Å². The molecule has 2 aliphatic rings. The van der Waals surface area contributed by atoms with Crippen LogP contribution in [0.1, 0.15) is 45.4 Å². The Balaban J connectivity index is 1.50. The summed E-state index contributed by atoms with van der Waals surface area (Å²) in [5.74, 6) is 0.867. The van der Waals surface area contributed by atoms with E-state index in [2.05, 4.69) is 22.5 Å². The van der Waals surface area contributed by atoms with Gasteiger partial charge in [-0.3, -0.25) is 0 Å². The van der Waals surface area contributed by atoms with Gasteiger partial charge in [0.2, 0.25) is 10.0 Å². The van der Waals surface area contributed by atoms with E-state index in [0.717, 1.165) is 25.3 Å². The molecule has 25 heavy (non-hydrogen) atoms. The molecule has 2 heterocycles. The van der Waals surface area contributed by atoms with E-state index in [-0.39, 0.29) is 12.1 Å². The average Bonchev–Trinajstić information content (AvgIpc) is 2.56. The van der Waals surface area contributed by atoms with Crippen LogP contribution in [0.4, 0.5) is 4.79 Å². The summed E-state index contributed by atoms with van der Waals surface area (Å²) in [6.45, 7) is 7.53. The number of hydrogen-bond donors (Lipinski definition) is 2. The van der Waals surface area contributed by atoms with Crippen molar-refractivity contribution in [3.8, 4) is 0 Å². The Kier molecular flexibility index (Phi) is 7.96. The zero-order chi connectivity index (χ0) is 18.3. The van der Waals surface area contributed by atoms with E-state index in [9.17, 15) is 13.2 Å². The van der Waals surface area contributed by atoms with Gasteiger partial charge in [-0.05, 0) is 64.1 Å². The summed E-state index contributed by atoms with van der Waals surface area (Å²) in [5, 5.41) is 5.87. The van der Waals surface area contributed by atoms with Crippen molar-refractivity contribution in [2.45, 2.75) is 51.5 Å². The van der Waals surface area contributed by atoms with E-state index in [1.807, 2.05) is 0 Å². The lowest BCUT2D eigenvalue weighted by atomic mass is 9.99. The maximum Gasteiger partial charge on any atom is 0.315 e. The molecule has 0 aromatic heterocycles. The highest BCUT2D eigenvalue weighted by Gasteiger charge is 2.25. The van der Waals surface area contributed by atoms with Crippen LogP contribution < -0.4 is 10.6 Å². The normalized spacial score (nSPS) is 22.0. The number of sulfonamides is 1. The highest BCUT2D eigenvalue weighted by molar-refractivity contribution is 7.88. The topological polar surface area (TPSA) is 81.8 Å². The lowest BCUT2D eigenvalue weighted by molar-refractivity contribution is 0.189. The maximum absolute atomic E-state index is 11.9. The lowest BCUT2D eigenvalue weighted by Crippen LogP contribution is -2.49. The van der Waals surface area contributed by atoms with Gasteiger partial charge in [0.15, 0.2) is 0 Å². The number of likely N-dealkylation sites (tertiary alicyclic amines) is 1. The minimum atomic E-state index is -3.11. The lowest BCUT2D eigenvalue weighted by Gasteiger charge is -2.30. The van der Waals surface area contributed by atoms with E-state index in [1.54, 1.807) is 0 Å². The molecule has 2 saturated heterocycles. The SMILES string of the molecule is CC1CCN(CCCCNC(=O)NC2CCN(S(C)(=O)=O)CC2)CC1. The Morgan fingerprint density at radius 2 is 1.68 bits per heavy atom. The van der Waals surface area contributed by atoms with Crippen LogP contribution in [0.3, 0.4) is 0 Å². The minimum absolute atomic E-state index is 0.0633. The number of amides is 2. The van der Waals surface area contributed by atoms with Gasteiger partial charge in [0.05, 0.1) is 6.26 Å². The third-order valence-electron chi connectivity index (χ3n) is 5.32.